The smallest absolute Gasteiger partial charge is 0.00179 e. The third-order valence-electron chi connectivity index (χ3n) is 4.32. The largest absolute Gasteiger partial charge is 0.0622 e. The van der Waals surface area contributed by atoms with Crippen molar-refractivity contribution in [2.45, 2.75) is 6.92 Å². The molecular formula is C23H17. The van der Waals surface area contributed by atoms with E-state index in [1.807, 2.05) is 12.1 Å². The Morgan fingerprint density at radius 2 is 1.52 bits per heavy atom. The Hall–Kier alpha value is -2.86. The zero-order valence-electron chi connectivity index (χ0n) is 13.1. The predicted octanol–water partition coefficient (Wildman–Crippen LogP) is 6.28. The molecule has 0 bridgehead atoms. The summed E-state index contributed by atoms with van der Waals surface area (Å²) in [5, 5.41) is 2.59. The van der Waals surface area contributed by atoms with Crippen molar-refractivity contribution in [1.29, 1.82) is 0 Å². The monoisotopic (exact) mass is 293 g/mol. The van der Waals surface area contributed by atoms with Crippen LogP contribution in [0.2, 0.25) is 0 Å². The Bertz CT molecular complexity index is 951. The first-order valence-corrected chi connectivity index (χ1v) is 7.89. The van der Waals surface area contributed by atoms with Gasteiger partial charge in [-0.1, -0.05) is 84.9 Å². The molecule has 0 atom stereocenters. The van der Waals surface area contributed by atoms with Crippen molar-refractivity contribution < 1.29 is 0 Å². The fourth-order valence-corrected chi connectivity index (χ4v) is 3.25. The Labute approximate surface area is 137 Å². The topological polar surface area (TPSA) is 0 Å². The van der Waals surface area contributed by atoms with Crippen molar-refractivity contribution in [3.05, 3.63) is 96.6 Å². The van der Waals surface area contributed by atoms with Gasteiger partial charge in [0.1, 0.15) is 0 Å². The molecule has 4 aromatic carbocycles. The van der Waals surface area contributed by atoms with E-state index in [4.69, 9.17) is 0 Å². The lowest BCUT2D eigenvalue weighted by atomic mass is 9.88. The predicted molar refractivity (Wildman–Crippen MR) is 98.4 cm³/mol. The molecule has 1 radical (unpaired) electrons. The molecule has 0 spiro atoms. The van der Waals surface area contributed by atoms with Crippen LogP contribution in [0.3, 0.4) is 0 Å². The van der Waals surface area contributed by atoms with E-state index in [2.05, 4.69) is 85.8 Å². The summed E-state index contributed by atoms with van der Waals surface area (Å²) in [6.45, 7) is 2.18. The van der Waals surface area contributed by atoms with Crippen LogP contribution in [-0.2, 0) is 0 Å². The Kier molecular flexibility index (Phi) is 3.44. The summed E-state index contributed by atoms with van der Waals surface area (Å²) in [6.07, 6.45) is 0. The number of hydrogen-bond donors (Lipinski definition) is 0. The first-order valence-electron chi connectivity index (χ1n) is 7.89. The van der Waals surface area contributed by atoms with Gasteiger partial charge < -0.3 is 0 Å². The van der Waals surface area contributed by atoms with E-state index in [9.17, 15) is 0 Å². The second-order valence-electron chi connectivity index (χ2n) is 5.80. The molecule has 4 aromatic rings. The van der Waals surface area contributed by atoms with Crippen molar-refractivity contribution in [2.75, 3.05) is 0 Å². The third-order valence-corrected chi connectivity index (χ3v) is 4.32. The van der Waals surface area contributed by atoms with Crippen LogP contribution in [0.1, 0.15) is 5.56 Å². The van der Waals surface area contributed by atoms with Crippen molar-refractivity contribution in [3.8, 4) is 22.3 Å². The summed E-state index contributed by atoms with van der Waals surface area (Å²) in [5.74, 6) is 0. The quantitative estimate of drug-likeness (QED) is 0.408. The minimum Gasteiger partial charge on any atom is -0.0622 e. The second kappa shape index (κ2) is 5.73. The second-order valence-corrected chi connectivity index (χ2v) is 5.80. The van der Waals surface area contributed by atoms with E-state index in [0.717, 1.165) is 5.56 Å². The van der Waals surface area contributed by atoms with E-state index in [-0.39, 0.29) is 0 Å². The molecule has 0 fully saturated rings. The molecule has 0 aromatic heterocycles. The van der Waals surface area contributed by atoms with Crippen LogP contribution < -0.4 is 0 Å². The van der Waals surface area contributed by atoms with Crippen LogP contribution in [0.15, 0.2) is 84.9 Å². The van der Waals surface area contributed by atoms with Gasteiger partial charge in [0.05, 0.1) is 0 Å². The fourth-order valence-electron chi connectivity index (χ4n) is 3.25. The van der Waals surface area contributed by atoms with E-state index < -0.39 is 0 Å². The van der Waals surface area contributed by atoms with Crippen LogP contribution >= 0.6 is 0 Å². The van der Waals surface area contributed by atoms with Crippen molar-refractivity contribution >= 4 is 10.8 Å². The number of hydrogen-bond acceptors (Lipinski definition) is 0. The highest BCUT2D eigenvalue weighted by atomic mass is 14.2. The van der Waals surface area contributed by atoms with E-state index in [0.29, 0.717) is 0 Å². The molecule has 0 unspecified atom stereocenters. The van der Waals surface area contributed by atoms with Gasteiger partial charge in [0.15, 0.2) is 0 Å². The Balaban J connectivity index is 2.14. The molecule has 109 valence electrons. The molecule has 0 N–H and O–H groups in total. The van der Waals surface area contributed by atoms with E-state index in [1.54, 1.807) is 0 Å². The first kappa shape index (κ1) is 13.8. The number of fused-ring (bicyclic) bond motifs is 1. The van der Waals surface area contributed by atoms with Crippen molar-refractivity contribution in [3.63, 3.8) is 0 Å². The zero-order chi connectivity index (χ0) is 15.6. The SMILES string of the molecule is Cc1cccc2ccc(-c3ccccc3)c(-c3[c]cccc3)c12. The van der Waals surface area contributed by atoms with Crippen LogP contribution in [-0.4, -0.2) is 0 Å². The molecule has 0 aliphatic heterocycles. The molecule has 0 nitrogen and oxygen atoms in total. The highest BCUT2D eigenvalue weighted by Crippen LogP contribution is 2.39. The van der Waals surface area contributed by atoms with Crippen molar-refractivity contribution in [2.24, 2.45) is 0 Å². The highest BCUT2D eigenvalue weighted by Gasteiger charge is 2.13. The average Bonchev–Trinajstić information content (AvgIpc) is 2.62. The molecule has 0 aliphatic carbocycles. The molecule has 0 amide bonds. The summed E-state index contributed by atoms with van der Waals surface area (Å²) < 4.78 is 0. The number of aryl methyl sites for hydroxylation is 1. The lowest BCUT2D eigenvalue weighted by Gasteiger charge is -2.15. The summed E-state index contributed by atoms with van der Waals surface area (Å²) in [4.78, 5) is 0. The number of benzene rings is 4. The van der Waals surface area contributed by atoms with Gasteiger partial charge >= 0.3 is 0 Å². The van der Waals surface area contributed by atoms with Gasteiger partial charge in [-0.25, -0.2) is 0 Å². The zero-order valence-corrected chi connectivity index (χ0v) is 13.1. The van der Waals surface area contributed by atoms with Crippen LogP contribution in [0.4, 0.5) is 0 Å². The number of rotatable bonds is 2. The minimum absolute atomic E-state index is 1.14. The molecule has 0 saturated carbocycles. The van der Waals surface area contributed by atoms with Gasteiger partial charge in [-0.05, 0) is 51.6 Å². The van der Waals surface area contributed by atoms with Gasteiger partial charge in [0.25, 0.3) is 0 Å². The van der Waals surface area contributed by atoms with E-state index >= 15 is 0 Å². The Morgan fingerprint density at radius 3 is 2.30 bits per heavy atom. The van der Waals surface area contributed by atoms with Gasteiger partial charge in [-0.2, -0.15) is 0 Å². The van der Waals surface area contributed by atoms with Gasteiger partial charge in [-0.3, -0.25) is 0 Å². The van der Waals surface area contributed by atoms with Crippen LogP contribution in [0, 0.1) is 13.0 Å². The molecule has 0 heteroatoms. The summed E-state index contributed by atoms with van der Waals surface area (Å²) >= 11 is 0. The lowest BCUT2D eigenvalue weighted by Crippen LogP contribution is -1.90. The highest BCUT2D eigenvalue weighted by molar-refractivity contribution is 6.05. The Morgan fingerprint density at radius 1 is 0.696 bits per heavy atom. The molecule has 0 aliphatic rings. The molecule has 0 heterocycles. The molecule has 23 heavy (non-hydrogen) atoms. The minimum atomic E-state index is 1.14. The van der Waals surface area contributed by atoms with Gasteiger partial charge in [0.2, 0.25) is 0 Å². The average molecular weight is 293 g/mol. The van der Waals surface area contributed by atoms with Gasteiger partial charge in [0, 0.05) is 0 Å². The van der Waals surface area contributed by atoms with Crippen LogP contribution in [0.25, 0.3) is 33.0 Å². The normalized spacial score (nSPS) is 10.8. The van der Waals surface area contributed by atoms with E-state index in [1.165, 1.54) is 33.0 Å². The lowest BCUT2D eigenvalue weighted by molar-refractivity contribution is 1.52. The summed E-state index contributed by atoms with van der Waals surface area (Å²) in [5.41, 5.74) is 6.21. The maximum Gasteiger partial charge on any atom is -0.00179 e. The molecule has 0 saturated heterocycles. The third kappa shape index (κ3) is 2.43. The maximum atomic E-state index is 3.41. The standard InChI is InChI=1S/C23H17/c1-17-9-8-14-20-15-16-21(18-10-4-2-5-11-18)23(22(17)20)19-12-6-3-7-13-19/h2-12,14-16H,1H3. The fraction of sp³-hybridized carbons (Fsp3) is 0.0435. The molecular weight excluding hydrogens is 276 g/mol. The molecule has 4 rings (SSSR count). The van der Waals surface area contributed by atoms with Gasteiger partial charge in [-0.15, -0.1) is 0 Å². The summed E-state index contributed by atoms with van der Waals surface area (Å²) in [7, 11) is 0. The maximum absolute atomic E-state index is 3.41. The van der Waals surface area contributed by atoms with Crippen LogP contribution in [0.5, 0.6) is 0 Å². The summed E-state index contributed by atoms with van der Waals surface area (Å²) in [6, 6.07) is 33.2. The first-order chi connectivity index (χ1) is 11.3. The van der Waals surface area contributed by atoms with Crippen molar-refractivity contribution in [1.82, 2.24) is 0 Å².